The highest BCUT2D eigenvalue weighted by Gasteiger charge is 2.44. The van der Waals surface area contributed by atoms with Gasteiger partial charge in [0, 0.05) is 0 Å². The van der Waals surface area contributed by atoms with Crippen LogP contribution in [0.2, 0.25) is 0 Å². The molecule has 0 aliphatic heterocycles. The summed E-state index contributed by atoms with van der Waals surface area (Å²) in [6.07, 6.45) is -10.1. The van der Waals surface area contributed by atoms with Gasteiger partial charge in [-0.25, -0.2) is 9.48 Å². The van der Waals surface area contributed by atoms with Crippen molar-refractivity contribution in [1.82, 2.24) is 15.0 Å². The lowest BCUT2D eigenvalue weighted by Gasteiger charge is -2.12. The van der Waals surface area contributed by atoms with Crippen LogP contribution in [0.4, 0.5) is 26.3 Å². The monoisotopic (exact) mass is 291 g/mol. The third-order valence-corrected chi connectivity index (χ3v) is 1.80. The summed E-state index contributed by atoms with van der Waals surface area (Å²) in [6.45, 7) is -0.929. The molecule has 1 heterocycles. The van der Waals surface area contributed by atoms with Gasteiger partial charge < -0.3 is 4.74 Å². The fourth-order valence-electron chi connectivity index (χ4n) is 1.21. The summed E-state index contributed by atoms with van der Waals surface area (Å²) in [6, 6.07) is 0. The molecule has 0 saturated heterocycles. The van der Waals surface area contributed by atoms with E-state index in [9.17, 15) is 31.1 Å². The first kappa shape index (κ1) is 15.2. The average Bonchev–Trinajstić information content (AvgIpc) is 2.58. The molecular weight excluding hydrogens is 284 g/mol. The second-order valence-electron chi connectivity index (χ2n) is 3.28. The molecule has 0 aliphatic carbocycles. The standard InChI is InChI=1S/C8H7F6N3O2/c1-2-19-6(18)4-5(8(12,13)14)17(16-15-4)3-7(9,10)11/h2-3H2,1H3. The van der Waals surface area contributed by atoms with E-state index in [1.807, 2.05) is 0 Å². The van der Waals surface area contributed by atoms with Crippen LogP contribution in [0.3, 0.4) is 0 Å². The van der Waals surface area contributed by atoms with E-state index in [1.165, 1.54) is 6.92 Å². The number of rotatable bonds is 3. The highest BCUT2D eigenvalue weighted by molar-refractivity contribution is 5.88. The molecule has 0 fully saturated rings. The molecule has 1 aromatic rings. The van der Waals surface area contributed by atoms with E-state index in [1.54, 1.807) is 0 Å². The molecule has 0 aromatic carbocycles. The van der Waals surface area contributed by atoms with Gasteiger partial charge in [0.1, 0.15) is 6.54 Å². The lowest BCUT2D eigenvalue weighted by molar-refractivity contribution is -0.161. The Morgan fingerprint density at radius 1 is 1.26 bits per heavy atom. The van der Waals surface area contributed by atoms with Gasteiger partial charge in [-0.2, -0.15) is 26.3 Å². The largest absolute Gasteiger partial charge is 0.461 e. The van der Waals surface area contributed by atoms with Gasteiger partial charge in [-0.05, 0) is 6.92 Å². The van der Waals surface area contributed by atoms with Crippen LogP contribution in [0, 0.1) is 0 Å². The van der Waals surface area contributed by atoms with E-state index in [0.29, 0.717) is 0 Å². The van der Waals surface area contributed by atoms with Crippen LogP contribution in [0.5, 0.6) is 0 Å². The Labute approximate surface area is 102 Å². The molecule has 0 spiro atoms. The molecule has 1 aromatic heterocycles. The van der Waals surface area contributed by atoms with Gasteiger partial charge in [-0.1, -0.05) is 5.21 Å². The van der Waals surface area contributed by atoms with Gasteiger partial charge in [0.2, 0.25) is 5.69 Å². The molecule has 0 saturated carbocycles. The minimum atomic E-state index is -5.21. The highest BCUT2D eigenvalue weighted by atomic mass is 19.4. The van der Waals surface area contributed by atoms with E-state index >= 15 is 0 Å². The summed E-state index contributed by atoms with van der Waals surface area (Å²) in [7, 11) is 0. The number of hydrogen-bond acceptors (Lipinski definition) is 4. The van der Waals surface area contributed by atoms with Gasteiger partial charge in [0.05, 0.1) is 6.61 Å². The van der Waals surface area contributed by atoms with Crippen molar-refractivity contribution in [3.8, 4) is 0 Å². The number of hydrogen-bond donors (Lipinski definition) is 0. The van der Waals surface area contributed by atoms with Crippen molar-refractivity contribution in [3.05, 3.63) is 11.4 Å². The second-order valence-corrected chi connectivity index (χ2v) is 3.28. The smallest absolute Gasteiger partial charge is 0.435 e. The first-order chi connectivity index (χ1) is 8.56. The lowest BCUT2D eigenvalue weighted by atomic mass is 10.3. The van der Waals surface area contributed by atoms with Crippen molar-refractivity contribution in [1.29, 1.82) is 0 Å². The Hall–Kier alpha value is -1.81. The number of esters is 1. The number of ether oxygens (including phenoxy) is 1. The zero-order chi connectivity index (χ0) is 14.8. The molecule has 0 unspecified atom stereocenters. The van der Waals surface area contributed by atoms with E-state index in [4.69, 9.17) is 0 Å². The molecule has 0 bridgehead atoms. The van der Waals surface area contributed by atoms with Gasteiger partial charge in [0.15, 0.2) is 5.69 Å². The molecule has 0 atom stereocenters. The molecule has 5 nitrogen and oxygen atoms in total. The molecule has 0 amide bonds. The topological polar surface area (TPSA) is 57.0 Å². The Balaban J connectivity index is 3.24. The summed E-state index contributed by atoms with van der Waals surface area (Å²) >= 11 is 0. The summed E-state index contributed by atoms with van der Waals surface area (Å²) in [5, 5.41) is 5.50. The molecule has 11 heteroatoms. The fourth-order valence-corrected chi connectivity index (χ4v) is 1.21. The van der Waals surface area contributed by atoms with Crippen molar-refractivity contribution in [2.75, 3.05) is 6.61 Å². The zero-order valence-corrected chi connectivity index (χ0v) is 9.34. The van der Waals surface area contributed by atoms with E-state index in [2.05, 4.69) is 15.0 Å². The first-order valence-electron chi connectivity index (χ1n) is 4.80. The fraction of sp³-hybridized carbons (Fsp3) is 0.625. The maximum Gasteiger partial charge on any atom is 0.435 e. The third-order valence-electron chi connectivity index (χ3n) is 1.80. The van der Waals surface area contributed by atoms with Gasteiger partial charge in [0.25, 0.3) is 0 Å². The summed E-state index contributed by atoms with van der Waals surface area (Å²) in [4.78, 5) is 11.2. The average molecular weight is 291 g/mol. The third kappa shape index (κ3) is 3.83. The maximum absolute atomic E-state index is 12.6. The Morgan fingerprint density at radius 3 is 2.26 bits per heavy atom. The van der Waals surface area contributed by atoms with Crippen LogP contribution >= 0.6 is 0 Å². The number of halogens is 6. The van der Waals surface area contributed by atoms with Crippen molar-refractivity contribution in [2.45, 2.75) is 25.8 Å². The quantitative estimate of drug-likeness (QED) is 0.631. The summed E-state index contributed by atoms with van der Waals surface area (Å²) < 4.78 is 78.1. The number of nitrogens with zero attached hydrogens (tertiary/aromatic N) is 3. The van der Waals surface area contributed by atoms with E-state index in [0.717, 1.165) is 0 Å². The first-order valence-corrected chi connectivity index (χ1v) is 4.80. The molecule has 0 aliphatic rings. The highest BCUT2D eigenvalue weighted by Crippen LogP contribution is 2.32. The molecule has 19 heavy (non-hydrogen) atoms. The Kier molecular flexibility index (Phi) is 4.06. The van der Waals surface area contributed by atoms with Crippen LogP contribution in [0.15, 0.2) is 0 Å². The SMILES string of the molecule is CCOC(=O)c1nnn(CC(F)(F)F)c1C(F)(F)F. The Bertz CT molecular complexity index is 464. The van der Waals surface area contributed by atoms with E-state index < -0.39 is 40.9 Å². The normalized spacial score (nSPS) is 12.6. The second kappa shape index (κ2) is 5.05. The number of aromatic nitrogens is 3. The number of alkyl halides is 6. The molecular formula is C8H7F6N3O2. The van der Waals surface area contributed by atoms with Crippen LogP contribution in [0.1, 0.15) is 23.1 Å². The van der Waals surface area contributed by atoms with Gasteiger partial charge >= 0.3 is 18.3 Å². The molecule has 108 valence electrons. The molecule has 0 N–H and O–H groups in total. The maximum atomic E-state index is 12.6. The number of carbonyl (C=O) groups is 1. The Morgan fingerprint density at radius 2 is 1.84 bits per heavy atom. The molecule has 0 radical (unpaired) electrons. The van der Waals surface area contributed by atoms with Gasteiger partial charge in [-0.3, -0.25) is 0 Å². The lowest BCUT2D eigenvalue weighted by Crippen LogP contribution is -2.25. The van der Waals surface area contributed by atoms with Crippen LogP contribution in [-0.4, -0.2) is 33.7 Å². The van der Waals surface area contributed by atoms with Crippen molar-refractivity contribution in [2.24, 2.45) is 0 Å². The minimum Gasteiger partial charge on any atom is -0.461 e. The van der Waals surface area contributed by atoms with E-state index in [-0.39, 0.29) is 6.61 Å². The van der Waals surface area contributed by atoms with Crippen LogP contribution < -0.4 is 0 Å². The molecule has 1 rings (SSSR count). The van der Waals surface area contributed by atoms with Crippen molar-refractivity contribution < 1.29 is 35.9 Å². The summed E-state index contributed by atoms with van der Waals surface area (Å²) in [5.41, 5.74) is -3.18. The minimum absolute atomic E-state index is 0.248. The van der Waals surface area contributed by atoms with Crippen molar-refractivity contribution in [3.63, 3.8) is 0 Å². The zero-order valence-electron chi connectivity index (χ0n) is 9.34. The number of carbonyl (C=O) groups excluding carboxylic acids is 1. The van der Waals surface area contributed by atoms with Crippen molar-refractivity contribution >= 4 is 5.97 Å². The van der Waals surface area contributed by atoms with Gasteiger partial charge in [-0.15, -0.1) is 5.10 Å². The predicted octanol–water partition coefficient (Wildman–Crippen LogP) is 2.04. The van der Waals surface area contributed by atoms with Crippen LogP contribution in [0.25, 0.3) is 0 Å². The summed E-state index contributed by atoms with van der Waals surface area (Å²) in [5.74, 6) is -1.48. The predicted molar refractivity (Wildman–Crippen MR) is 47.0 cm³/mol. The van der Waals surface area contributed by atoms with Crippen LogP contribution in [-0.2, 0) is 17.5 Å².